The standard InChI is InChI=1S/C74H130O6/c1-4-7-10-13-16-19-22-25-28-31-33-34-35-36-37-38-39-40-41-44-46-49-52-55-58-61-64-67-73(76)79-70-71(69-78-72(75)66-63-60-57-54-51-48-45-42-30-27-24-21-18-15-12-9-6-3)80-74(77)68-65-62-59-56-53-50-47-43-32-29-26-23-20-17-14-11-8-5-2/h9,12,18,20-23,25,27,29-33,71H,4-8,10-11,13-17,19,24,26,28,34-70H2,1-3H3/b12-9-,21-18-,23-20-,25-22-,30-27-,32-29-,33-31-. The van der Waals surface area contributed by atoms with Crippen LogP contribution in [0.1, 0.15) is 348 Å². The van der Waals surface area contributed by atoms with Gasteiger partial charge in [0.2, 0.25) is 0 Å². The lowest BCUT2D eigenvalue weighted by Crippen LogP contribution is -2.30. The number of carbonyl (C=O) groups excluding carboxylic acids is 3. The first-order valence-corrected chi connectivity index (χ1v) is 34.6. The van der Waals surface area contributed by atoms with Gasteiger partial charge in [-0.2, -0.15) is 0 Å². The van der Waals surface area contributed by atoms with Gasteiger partial charge in [-0.1, -0.05) is 298 Å². The van der Waals surface area contributed by atoms with Crippen LogP contribution < -0.4 is 0 Å². The van der Waals surface area contributed by atoms with E-state index in [-0.39, 0.29) is 31.1 Å². The molecule has 0 spiro atoms. The van der Waals surface area contributed by atoms with Crippen LogP contribution in [-0.2, 0) is 28.6 Å². The molecule has 0 amide bonds. The van der Waals surface area contributed by atoms with Gasteiger partial charge in [-0.25, -0.2) is 0 Å². The summed E-state index contributed by atoms with van der Waals surface area (Å²) in [5.74, 6) is -0.883. The van der Waals surface area contributed by atoms with Gasteiger partial charge >= 0.3 is 17.9 Å². The van der Waals surface area contributed by atoms with E-state index in [0.717, 1.165) is 103 Å². The second kappa shape index (κ2) is 68.1. The summed E-state index contributed by atoms with van der Waals surface area (Å²) in [5.41, 5.74) is 0. The molecule has 0 aromatic carbocycles. The molecule has 0 fully saturated rings. The molecule has 1 atom stereocenters. The number of rotatable bonds is 63. The average Bonchev–Trinajstić information content (AvgIpc) is 3.46. The van der Waals surface area contributed by atoms with Crippen molar-refractivity contribution in [3.05, 3.63) is 85.1 Å². The summed E-state index contributed by atoms with van der Waals surface area (Å²) >= 11 is 0. The van der Waals surface area contributed by atoms with E-state index in [4.69, 9.17) is 14.2 Å². The van der Waals surface area contributed by atoms with Crippen LogP contribution in [0, 0.1) is 0 Å². The lowest BCUT2D eigenvalue weighted by Gasteiger charge is -2.18. The van der Waals surface area contributed by atoms with Crippen LogP contribution in [0.4, 0.5) is 0 Å². The maximum atomic E-state index is 12.9. The Labute approximate surface area is 496 Å². The number of unbranched alkanes of at least 4 members (excludes halogenated alkanes) is 38. The second-order valence-electron chi connectivity index (χ2n) is 23.1. The van der Waals surface area contributed by atoms with Crippen molar-refractivity contribution in [1.82, 2.24) is 0 Å². The van der Waals surface area contributed by atoms with Crippen LogP contribution in [0.15, 0.2) is 85.1 Å². The molecule has 6 nitrogen and oxygen atoms in total. The molecule has 0 aliphatic heterocycles. The molecule has 0 bridgehead atoms. The van der Waals surface area contributed by atoms with E-state index in [2.05, 4.69) is 106 Å². The zero-order chi connectivity index (χ0) is 57.8. The highest BCUT2D eigenvalue weighted by atomic mass is 16.6. The van der Waals surface area contributed by atoms with E-state index >= 15 is 0 Å². The minimum Gasteiger partial charge on any atom is -0.462 e. The molecule has 1 unspecified atom stereocenters. The first-order valence-electron chi connectivity index (χ1n) is 34.6. The average molecular weight is 1120 g/mol. The monoisotopic (exact) mass is 1110 g/mol. The summed E-state index contributed by atoms with van der Waals surface area (Å²) in [4.78, 5) is 38.4. The van der Waals surface area contributed by atoms with E-state index in [0.29, 0.717) is 19.3 Å². The highest BCUT2D eigenvalue weighted by Crippen LogP contribution is 2.17. The van der Waals surface area contributed by atoms with E-state index in [1.807, 2.05) is 0 Å². The third-order valence-corrected chi connectivity index (χ3v) is 15.1. The summed E-state index contributed by atoms with van der Waals surface area (Å²) in [6, 6.07) is 0. The van der Waals surface area contributed by atoms with Gasteiger partial charge < -0.3 is 14.2 Å². The van der Waals surface area contributed by atoms with Gasteiger partial charge in [-0.3, -0.25) is 14.4 Å². The number of hydrogen-bond donors (Lipinski definition) is 0. The molecule has 0 saturated heterocycles. The summed E-state index contributed by atoms with van der Waals surface area (Å²) in [7, 11) is 0. The Balaban J connectivity index is 4.31. The fourth-order valence-electron chi connectivity index (χ4n) is 9.93. The lowest BCUT2D eigenvalue weighted by atomic mass is 10.0. The Morgan fingerprint density at radius 2 is 0.487 bits per heavy atom. The Hall–Kier alpha value is -3.41. The van der Waals surface area contributed by atoms with E-state index in [1.54, 1.807) is 0 Å². The number of esters is 3. The third-order valence-electron chi connectivity index (χ3n) is 15.1. The predicted octanol–water partition coefficient (Wildman–Crippen LogP) is 23.8. The molecule has 0 radical (unpaired) electrons. The Bertz CT molecular complexity index is 1520. The van der Waals surface area contributed by atoms with E-state index < -0.39 is 6.10 Å². The van der Waals surface area contributed by atoms with Gasteiger partial charge in [0.25, 0.3) is 0 Å². The minimum absolute atomic E-state index is 0.0811. The molecule has 0 aliphatic rings. The van der Waals surface area contributed by atoms with Crippen molar-refractivity contribution in [2.45, 2.75) is 354 Å². The highest BCUT2D eigenvalue weighted by molar-refractivity contribution is 5.71. The van der Waals surface area contributed by atoms with Crippen molar-refractivity contribution in [3.8, 4) is 0 Å². The molecular weight excluding hydrogens is 985 g/mol. The van der Waals surface area contributed by atoms with Gasteiger partial charge in [0.1, 0.15) is 13.2 Å². The topological polar surface area (TPSA) is 78.9 Å². The number of carbonyl (C=O) groups is 3. The fourth-order valence-corrected chi connectivity index (χ4v) is 9.93. The number of allylic oxidation sites excluding steroid dienone is 14. The number of hydrogen-bond acceptors (Lipinski definition) is 6. The smallest absolute Gasteiger partial charge is 0.306 e. The molecular formula is C74H130O6. The van der Waals surface area contributed by atoms with Gasteiger partial charge in [0.05, 0.1) is 0 Å². The minimum atomic E-state index is -0.787. The molecule has 462 valence electrons. The van der Waals surface area contributed by atoms with Crippen LogP contribution in [0.5, 0.6) is 0 Å². The molecule has 0 saturated carbocycles. The normalized spacial score (nSPS) is 12.6. The zero-order valence-electron chi connectivity index (χ0n) is 53.1. The Kier molecular flexibility index (Phi) is 65.2. The van der Waals surface area contributed by atoms with E-state index in [1.165, 1.54) is 205 Å². The fraction of sp³-hybridized carbons (Fsp3) is 0.770. The Morgan fingerprint density at radius 1 is 0.263 bits per heavy atom. The van der Waals surface area contributed by atoms with Crippen LogP contribution in [0.3, 0.4) is 0 Å². The van der Waals surface area contributed by atoms with E-state index in [9.17, 15) is 14.4 Å². The van der Waals surface area contributed by atoms with Crippen molar-refractivity contribution < 1.29 is 28.6 Å². The molecule has 6 heteroatoms. The largest absolute Gasteiger partial charge is 0.462 e. The third kappa shape index (κ3) is 65.4. The quantitative estimate of drug-likeness (QED) is 0.0261. The molecule has 0 heterocycles. The summed E-state index contributed by atoms with van der Waals surface area (Å²) in [5, 5.41) is 0. The molecule has 0 rings (SSSR count). The van der Waals surface area contributed by atoms with Crippen LogP contribution in [-0.4, -0.2) is 37.2 Å². The van der Waals surface area contributed by atoms with Gasteiger partial charge in [0, 0.05) is 19.3 Å². The number of ether oxygens (including phenoxy) is 3. The van der Waals surface area contributed by atoms with Crippen LogP contribution >= 0.6 is 0 Å². The van der Waals surface area contributed by atoms with Crippen molar-refractivity contribution in [2.75, 3.05) is 13.2 Å². The summed E-state index contributed by atoms with van der Waals surface area (Å²) < 4.78 is 17.0. The maximum Gasteiger partial charge on any atom is 0.306 e. The first kappa shape index (κ1) is 76.6. The molecule has 0 N–H and O–H groups in total. The van der Waals surface area contributed by atoms with Crippen molar-refractivity contribution in [2.24, 2.45) is 0 Å². The molecule has 80 heavy (non-hydrogen) atoms. The predicted molar refractivity (Wildman–Crippen MR) is 348 cm³/mol. The van der Waals surface area contributed by atoms with Gasteiger partial charge in [-0.15, -0.1) is 0 Å². The highest BCUT2D eigenvalue weighted by Gasteiger charge is 2.19. The van der Waals surface area contributed by atoms with Crippen LogP contribution in [0.2, 0.25) is 0 Å². The summed E-state index contributed by atoms with van der Waals surface area (Å²) in [6.07, 6.45) is 90.3. The van der Waals surface area contributed by atoms with Crippen LogP contribution in [0.25, 0.3) is 0 Å². The first-order chi connectivity index (χ1) is 39.5. The maximum absolute atomic E-state index is 12.9. The summed E-state index contributed by atoms with van der Waals surface area (Å²) in [6.45, 7) is 6.53. The molecule has 0 aromatic rings. The van der Waals surface area contributed by atoms with Crippen molar-refractivity contribution in [3.63, 3.8) is 0 Å². The molecule has 0 aromatic heterocycles. The molecule has 0 aliphatic carbocycles. The SMILES string of the molecule is CC/C=C\C/C=C\C/C=C\CCCCCCCCCC(=O)OCC(COC(=O)CCCCCCCCCCCCCCCCC/C=C\C/C=C\CCCCCCC)OC(=O)CCCCCCCCC/C=C\C/C=C\CCCCCC. The van der Waals surface area contributed by atoms with Crippen molar-refractivity contribution >= 4 is 17.9 Å². The lowest BCUT2D eigenvalue weighted by molar-refractivity contribution is -0.167. The van der Waals surface area contributed by atoms with Gasteiger partial charge in [-0.05, 0) is 116 Å². The zero-order valence-corrected chi connectivity index (χ0v) is 53.1. The van der Waals surface area contributed by atoms with Gasteiger partial charge in [0.15, 0.2) is 6.10 Å². The van der Waals surface area contributed by atoms with Crippen molar-refractivity contribution in [1.29, 1.82) is 0 Å². The second-order valence-corrected chi connectivity index (χ2v) is 23.1. The Morgan fingerprint density at radius 3 is 0.775 bits per heavy atom.